The number of thioether (sulfide) groups is 1. The number of sulfonamides is 1. The maximum atomic E-state index is 12.7. The van der Waals surface area contributed by atoms with E-state index in [2.05, 4.69) is 4.72 Å². The molecule has 236 valence electrons. The summed E-state index contributed by atoms with van der Waals surface area (Å²) >= 11 is 1.45. The average Bonchev–Trinajstić information content (AvgIpc) is 3.11. The molecule has 5 aromatic rings. The van der Waals surface area contributed by atoms with Crippen molar-refractivity contribution >= 4 is 21.8 Å². The molecule has 1 aliphatic heterocycles. The molecule has 1 aliphatic rings. The van der Waals surface area contributed by atoms with Crippen LogP contribution in [-0.2, 0) is 32.6 Å². The second kappa shape index (κ2) is 14.6. The third-order valence-corrected chi connectivity index (χ3v) is 10.4. The number of ether oxygens (including phenoxy) is 2. The van der Waals surface area contributed by atoms with Gasteiger partial charge >= 0.3 is 0 Å². The molecule has 2 N–H and O–H groups in total. The van der Waals surface area contributed by atoms with E-state index in [4.69, 9.17) is 9.47 Å². The number of hydrogen-bond acceptors (Lipinski definition) is 7. The third kappa shape index (κ3) is 7.84. The third-order valence-electron chi connectivity index (χ3n) is 7.78. The summed E-state index contributed by atoms with van der Waals surface area (Å²) in [5.41, 5.74) is 5.46. The summed E-state index contributed by atoms with van der Waals surface area (Å²) in [6, 6.07) is 37.1. The molecule has 6 rings (SSSR count). The van der Waals surface area contributed by atoms with Crippen LogP contribution in [0.5, 0.6) is 0 Å². The van der Waals surface area contributed by atoms with Gasteiger partial charge in [-0.3, -0.25) is 0 Å². The lowest BCUT2D eigenvalue weighted by Crippen LogP contribution is -2.32. The number of hydrogen-bond donors (Lipinski definition) is 2. The summed E-state index contributed by atoms with van der Waals surface area (Å²) < 4.78 is 41.8. The molecule has 1 fully saturated rings. The minimum atomic E-state index is -3.62. The van der Waals surface area contributed by atoms with Gasteiger partial charge in [0.2, 0.25) is 10.0 Å². The van der Waals surface area contributed by atoms with Crippen LogP contribution in [0.25, 0.3) is 11.1 Å². The number of aliphatic hydroxyl groups is 1. The lowest BCUT2D eigenvalue weighted by atomic mass is 9.99. The summed E-state index contributed by atoms with van der Waals surface area (Å²) in [5, 5.41) is 22.3. The lowest BCUT2D eigenvalue weighted by molar-refractivity contribution is -0.645. The number of pyridine rings is 1. The number of aliphatic hydroxyl groups excluding tert-OH is 1. The summed E-state index contributed by atoms with van der Waals surface area (Å²) in [5.74, 6) is 0.580. The zero-order valence-corrected chi connectivity index (χ0v) is 26.6. The van der Waals surface area contributed by atoms with E-state index in [9.17, 15) is 18.7 Å². The van der Waals surface area contributed by atoms with Gasteiger partial charge in [-0.25, -0.2) is 13.1 Å². The van der Waals surface area contributed by atoms with Gasteiger partial charge in [-0.1, -0.05) is 96.7 Å². The number of benzene rings is 4. The molecule has 10 heteroatoms. The highest BCUT2D eigenvalue weighted by molar-refractivity contribution is 7.99. The fourth-order valence-electron chi connectivity index (χ4n) is 5.28. The summed E-state index contributed by atoms with van der Waals surface area (Å²) in [6.07, 6.45) is 1.07. The van der Waals surface area contributed by atoms with Crippen molar-refractivity contribution in [1.82, 2.24) is 4.72 Å². The molecule has 0 radical (unpaired) electrons. The first kappa shape index (κ1) is 31.9. The molecule has 1 aromatic heterocycles. The van der Waals surface area contributed by atoms with Crippen LogP contribution in [-0.4, -0.2) is 25.4 Å². The molecule has 0 amide bonds. The SMILES string of the molecule is O=S(=O)(NCc1cccc(-c2ccc(C3OC(CSc4cccc[n+]4[O-])CC(c4ccc(CO)cc4)O3)cc2)c1)c1ccccc1. The summed E-state index contributed by atoms with van der Waals surface area (Å²) in [6.45, 7) is 0.143. The van der Waals surface area contributed by atoms with Gasteiger partial charge < -0.3 is 19.8 Å². The molecule has 0 bridgehead atoms. The van der Waals surface area contributed by atoms with Gasteiger partial charge in [0, 0.05) is 36.4 Å². The Morgan fingerprint density at radius 3 is 2.28 bits per heavy atom. The Morgan fingerprint density at radius 2 is 1.54 bits per heavy atom. The maximum absolute atomic E-state index is 12.7. The van der Waals surface area contributed by atoms with Crippen LogP contribution in [0.15, 0.2) is 137 Å². The number of rotatable bonds is 11. The van der Waals surface area contributed by atoms with E-state index in [1.165, 1.54) is 18.0 Å². The monoisotopic (exact) mass is 654 g/mol. The predicted molar refractivity (Wildman–Crippen MR) is 177 cm³/mol. The van der Waals surface area contributed by atoms with Crippen LogP contribution in [0, 0.1) is 5.21 Å². The van der Waals surface area contributed by atoms with Gasteiger partial charge in [0.05, 0.1) is 23.7 Å². The predicted octanol–water partition coefficient (Wildman–Crippen LogP) is 6.30. The molecule has 2 heterocycles. The van der Waals surface area contributed by atoms with Crippen LogP contribution < -0.4 is 9.45 Å². The van der Waals surface area contributed by atoms with Crippen molar-refractivity contribution < 1.29 is 27.7 Å². The highest BCUT2D eigenvalue weighted by Gasteiger charge is 2.32. The maximum Gasteiger partial charge on any atom is 0.251 e. The highest BCUT2D eigenvalue weighted by atomic mass is 32.2. The first-order valence-corrected chi connectivity index (χ1v) is 17.4. The van der Waals surface area contributed by atoms with E-state index < -0.39 is 16.3 Å². The molecule has 0 saturated carbocycles. The highest BCUT2D eigenvalue weighted by Crippen LogP contribution is 2.39. The second-order valence-electron chi connectivity index (χ2n) is 11.0. The lowest BCUT2D eigenvalue weighted by Gasteiger charge is -2.36. The Morgan fingerprint density at radius 1 is 0.804 bits per heavy atom. The fraction of sp³-hybridized carbons (Fsp3) is 0.194. The van der Waals surface area contributed by atoms with Crippen molar-refractivity contribution in [1.29, 1.82) is 0 Å². The molecule has 4 aromatic carbocycles. The number of nitrogens with one attached hydrogen (secondary N) is 1. The Kier molecular flexibility index (Phi) is 10.1. The topological polar surface area (TPSA) is 112 Å². The normalized spacial score (nSPS) is 18.3. The van der Waals surface area contributed by atoms with Crippen LogP contribution in [0.4, 0.5) is 0 Å². The smallest absolute Gasteiger partial charge is 0.251 e. The van der Waals surface area contributed by atoms with Gasteiger partial charge in [-0.15, -0.1) is 0 Å². The Hall–Kier alpha value is -4.03. The largest absolute Gasteiger partial charge is 0.618 e. The first-order valence-electron chi connectivity index (χ1n) is 14.9. The van der Waals surface area contributed by atoms with Crippen molar-refractivity contribution in [3.05, 3.63) is 155 Å². The van der Waals surface area contributed by atoms with E-state index in [1.807, 2.05) is 78.9 Å². The van der Waals surface area contributed by atoms with Crippen molar-refractivity contribution in [3.63, 3.8) is 0 Å². The molecule has 3 atom stereocenters. The Labute approximate surface area is 273 Å². The van der Waals surface area contributed by atoms with Crippen LogP contribution in [0.2, 0.25) is 0 Å². The van der Waals surface area contributed by atoms with Crippen molar-refractivity contribution in [3.8, 4) is 11.1 Å². The zero-order chi connectivity index (χ0) is 31.9. The van der Waals surface area contributed by atoms with E-state index >= 15 is 0 Å². The van der Waals surface area contributed by atoms with Gasteiger partial charge in [-0.2, -0.15) is 4.73 Å². The zero-order valence-electron chi connectivity index (χ0n) is 24.9. The van der Waals surface area contributed by atoms with Crippen LogP contribution in [0.3, 0.4) is 0 Å². The summed E-state index contributed by atoms with van der Waals surface area (Å²) in [4.78, 5) is 0.230. The van der Waals surface area contributed by atoms with Crippen LogP contribution >= 0.6 is 11.8 Å². The van der Waals surface area contributed by atoms with E-state index in [0.29, 0.717) is 17.2 Å². The van der Waals surface area contributed by atoms with Gasteiger partial charge in [0.25, 0.3) is 5.03 Å². The molecule has 3 unspecified atom stereocenters. The fourth-order valence-corrected chi connectivity index (χ4v) is 7.25. The standard InChI is InChI=1S/C36H34N2O6S2/c39-24-26-12-14-29(15-13-26)34-22-32(25-45-35-11-4-5-20-38(35)40)43-36(44-34)30-18-16-28(17-19-30)31-8-6-7-27(21-31)23-37-46(41,42)33-9-2-1-3-10-33/h1-21,32,34,36-37,39H,22-25H2. The number of nitrogens with zero attached hydrogens (tertiary/aromatic N) is 1. The average molecular weight is 655 g/mol. The molecule has 8 nitrogen and oxygen atoms in total. The quantitative estimate of drug-likeness (QED) is 0.0978. The summed E-state index contributed by atoms with van der Waals surface area (Å²) in [7, 11) is -3.62. The Bertz CT molecular complexity index is 1850. The van der Waals surface area contributed by atoms with Crippen molar-refractivity contribution in [2.75, 3.05) is 5.75 Å². The van der Waals surface area contributed by atoms with Gasteiger partial charge in [0.1, 0.15) is 0 Å². The van der Waals surface area contributed by atoms with Crippen LogP contribution in [0.1, 0.15) is 41.1 Å². The molecule has 0 spiro atoms. The first-order chi connectivity index (χ1) is 22.4. The molecule has 0 aliphatic carbocycles. The van der Waals surface area contributed by atoms with Gasteiger partial charge in [0.15, 0.2) is 12.5 Å². The Balaban J connectivity index is 1.17. The van der Waals surface area contributed by atoms with E-state index in [0.717, 1.165) is 38.1 Å². The van der Waals surface area contributed by atoms with E-state index in [1.54, 1.807) is 42.5 Å². The molecular formula is C36H34N2O6S2. The van der Waals surface area contributed by atoms with Crippen molar-refractivity contribution in [2.24, 2.45) is 0 Å². The van der Waals surface area contributed by atoms with Crippen molar-refractivity contribution in [2.45, 2.75) is 48.0 Å². The molecular weight excluding hydrogens is 621 g/mol. The minimum absolute atomic E-state index is 0.0262. The van der Waals surface area contributed by atoms with Gasteiger partial charge in [-0.05, 0) is 52.1 Å². The number of aromatic nitrogens is 1. The second-order valence-corrected chi connectivity index (χ2v) is 13.8. The molecule has 1 saturated heterocycles. The van der Waals surface area contributed by atoms with E-state index in [-0.39, 0.29) is 30.3 Å². The minimum Gasteiger partial charge on any atom is -0.618 e. The molecule has 46 heavy (non-hydrogen) atoms.